The number of aryl methyl sites for hydroxylation is 1. The van der Waals surface area contributed by atoms with E-state index in [1.807, 2.05) is 4.90 Å². The molecule has 2 amide bonds. The first-order chi connectivity index (χ1) is 11.1. The Hall–Kier alpha value is -1.84. The molecule has 0 bridgehead atoms. The van der Waals surface area contributed by atoms with Crippen LogP contribution in [0.5, 0.6) is 0 Å². The maximum Gasteiger partial charge on any atom is 0.223 e. The molecule has 4 nitrogen and oxygen atoms in total. The van der Waals surface area contributed by atoms with Crippen LogP contribution >= 0.6 is 0 Å². The fraction of sp³-hybridized carbons (Fsp3) is 0.579. The number of amides is 2. The van der Waals surface area contributed by atoms with Gasteiger partial charge in [0.2, 0.25) is 11.8 Å². The average molecular weight is 316 g/mol. The summed E-state index contributed by atoms with van der Waals surface area (Å²) in [6, 6.07) is 8.68. The van der Waals surface area contributed by atoms with E-state index in [0.717, 1.165) is 19.4 Å². The number of nitrogens with one attached hydrogen (secondary N) is 1. The lowest BCUT2D eigenvalue weighted by Crippen LogP contribution is -2.34. The molecule has 1 N–H and O–H groups in total. The second kappa shape index (κ2) is 8.70. The zero-order valence-electron chi connectivity index (χ0n) is 14.3. The molecule has 0 saturated carbocycles. The van der Waals surface area contributed by atoms with Gasteiger partial charge in [-0.25, -0.2) is 0 Å². The van der Waals surface area contributed by atoms with Crippen LogP contribution in [-0.2, 0) is 9.59 Å². The lowest BCUT2D eigenvalue weighted by atomic mass is 9.98. The summed E-state index contributed by atoms with van der Waals surface area (Å²) in [4.78, 5) is 26.0. The molecule has 1 aliphatic heterocycles. The third kappa shape index (κ3) is 5.08. The van der Waals surface area contributed by atoms with Crippen molar-refractivity contribution in [1.29, 1.82) is 0 Å². The minimum Gasteiger partial charge on any atom is -0.359 e. The van der Waals surface area contributed by atoms with Crippen LogP contribution in [0.4, 0.5) is 0 Å². The summed E-state index contributed by atoms with van der Waals surface area (Å²) in [6.07, 6.45) is 5.95. The number of hydrogen-bond acceptors (Lipinski definition) is 2. The Balaban J connectivity index is 2.05. The first-order valence-electron chi connectivity index (χ1n) is 8.68. The van der Waals surface area contributed by atoms with E-state index in [1.165, 1.54) is 24.0 Å². The second-order valence-electron chi connectivity index (χ2n) is 6.39. The molecular formula is C19H28N2O2. The Bertz CT molecular complexity index is 542. The van der Waals surface area contributed by atoms with E-state index in [-0.39, 0.29) is 17.9 Å². The molecule has 2 rings (SSSR count). The van der Waals surface area contributed by atoms with Gasteiger partial charge in [-0.1, -0.05) is 42.7 Å². The molecule has 4 heteroatoms. The summed E-state index contributed by atoms with van der Waals surface area (Å²) in [5.74, 6) is 0.186. The molecule has 1 atom stereocenters. The fourth-order valence-electron chi connectivity index (χ4n) is 3.30. The van der Waals surface area contributed by atoms with Crippen molar-refractivity contribution in [1.82, 2.24) is 10.2 Å². The molecule has 0 unspecified atom stereocenters. The Kier molecular flexibility index (Phi) is 6.63. The molecule has 1 saturated heterocycles. The second-order valence-corrected chi connectivity index (χ2v) is 6.39. The molecule has 1 fully saturated rings. The summed E-state index contributed by atoms with van der Waals surface area (Å²) in [7, 11) is 1.63. The lowest BCUT2D eigenvalue weighted by molar-refractivity contribution is -0.133. The Labute approximate surface area is 139 Å². The molecular weight excluding hydrogens is 288 g/mol. The zero-order valence-corrected chi connectivity index (χ0v) is 14.3. The number of rotatable bonds is 5. The maximum absolute atomic E-state index is 12.7. The number of likely N-dealkylation sites (tertiary alicyclic amines) is 1. The van der Waals surface area contributed by atoms with Gasteiger partial charge in [-0.2, -0.15) is 0 Å². The molecule has 126 valence electrons. The largest absolute Gasteiger partial charge is 0.359 e. The van der Waals surface area contributed by atoms with Crippen molar-refractivity contribution in [3.05, 3.63) is 35.4 Å². The van der Waals surface area contributed by atoms with Gasteiger partial charge in [0, 0.05) is 26.4 Å². The Morgan fingerprint density at radius 3 is 2.78 bits per heavy atom. The molecule has 23 heavy (non-hydrogen) atoms. The normalized spacial score (nSPS) is 18.3. The highest BCUT2D eigenvalue weighted by atomic mass is 16.2. The van der Waals surface area contributed by atoms with Crippen molar-refractivity contribution >= 4 is 11.8 Å². The van der Waals surface area contributed by atoms with Gasteiger partial charge < -0.3 is 10.2 Å². The standard InChI is InChI=1S/C19H28N2O2/c1-15-8-6-9-16(14-15)17-10-4-3-5-13-21(17)19(23)12-7-11-18(22)20-2/h6,8-9,14,17H,3-5,7,10-13H2,1-2H3,(H,20,22)/t17-/m1/s1. The van der Waals surface area contributed by atoms with Crippen LogP contribution in [0.1, 0.15) is 62.1 Å². The van der Waals surface area contributed by atoms with E-state index >= 15 is 0 Å². The van der Waals surface area contributed by atoms with Gasteiger partial charge in [-0.3, -0.25) is 9.59 Å². The number of carbonyl (C=O) groups excluding carboxylic acids is 2. The smallest absolute Gasteiger partial charge is 0.223 e. The van der Waals surface area contributed by atoms with Crippen molar-refractivity contribution in [3.8, 4) is 0 Å². The van der Waals surface area contributed by atoms with Crippen molar-refractivity contribution in [2.45, 2.75) is 57.9 Å². The van der Waals surface area contributed by atoms with Crippen LogP contribution in [0.3, 0.4) is 0 Å². The quantitative estimate of drug-likeness (QED) is 0.905. The number of nitrogens with zero attached hydrogens (tertiary/aromatic N) is 1. The van der Waals surface area contributed by atoms with E-state index in [4.69, 9.17) is 0 Å². The van der Waals surface area contributed by atoms with Crippen LogP contribution in [-0.4, -0.2) is 30.3 Å². The third-order valence-electron chi connectivity index (χ3n) is 4.57. The molecule has 0 aliphatic carbocycles. The number of hydrogen-bond donors (Lipinski definition) is 1. The lowest BCUT2D eigenvalue weighted by Gasteiger charge is -2.31. The summed E-state index contributed by atoms with van der Waals surface area (Å²) in [5.41, 5.74) is 2.48. The van der Waals surface area contributed by atoms with Crippen LogP contribution in [0, 0.1) is 6.92 Å². The van der Waals surface area contributed by atoms with E-state index in [0.29, 0.717) is 19.3 Å². The predicted molar refractivity (Wildman–Crippen MR) is 92.0 cm³/mol. The Morgan fingerprint density at radius 1 is 1.22 bits per heavy atom. The van der Waals surface area contributed by atoms with Gasteiger partial charge in [0.15, 0.2) is 0 Å². The van der Waals surface area contributed by atoms with Crippen LogP contribution < -0.4 is 5.32 Å². The van der Waals surface area contributed by atoms with Gasteiger partial charge in [0.05, 0.1) is 6.04 Å². The predicted octanol–water partition coefficient (Wildman–Crippen LogP) is 3.36. The monoisotopic (exact) mass is 316 g/mol. The maximum atomic E-state index is 12.7. The van der Waals surface area contributed by atoms with E-state index < -0.39 is 0 Å². The van der Waals surface area contributed by atoms with Crippen LogP contribution in [0.15, 0.2) is 24.3 Å². The van der Waals surface area contributed by atoms with Crippen LogP contribution in [0.2, 0.25) is 0 Å². The molecule has 0 spiro atoms. The molecule has 0 radical (unpaired) electrons. The molecule has 0 aromatic heterocycles. The highest BCUT2D eigenvalue weighted by Gasteiger charge is 2.26. The van der Waals surface area contributed by atoms with Gasteiger partial charge in [-0.05, 0) is 31.7 Å². The summed E-state index contributed by atoms with van der Waals surface area (Å²) >= 11 is 0. The van der Waals surface area contributed by atoms with Gasteiger partial charge in [0.25, 0.3) is 0 Å². The zero-order chi connectivity index (χ0) is 16.7. The third-order valence-corrected chi connectivity index (χ3v) is 4.57. The Morgan fingerprint density at radius 2 is 2.04 bits per heavy atom. The highest BCUT2D eigenvalue weighted by Crippen LogP contribution is 2.31. The molecule has 1 heterocycles. The van der Waals surface area contributed by atoms with Crippen molar-refractivity contribution in [2.75, 3.05) is 13.6 Å². The molecule has 1 aromatic rings. The molecule has 1 aliphatic rings. The van der Waals surface area contributed by atoms with Gasteiger partial charge in [0.1, 0.15) is 0 Å². The summed E-state index contributed by atoms with van der Waals surface area (Å²) in [6.45, 7) is 2.92. The van der Waals surface area contributed by atoms with Gasteiger partial charge >= 0.3 is 0 Å². The van der Waals surface area contributed by atoms with Gasteiger partial charge in [-0.15, -0.1) is 0 Å². The summed E-state index contributed by atoms with van der Waals surface area (Å²) < 4.78 is 0. The number of carbonyl (C=O) groups is 2. The first-order valence-corrected chi connectivity index (χ1v) is 8.68. The van der Waals surface area contributed by atoms with E-state index in [9.17, 15) is 9.59 Å². The average Bonchev–Trinajstić information content (AvgIpc) is 2.80. The highest BCUT2D eigenvalue weighted by molar-refractivity contribution is 5.79. The minimum absolute atomic E-state index is 0.00361. The molecule has 1 aromatic carbocycles. The van der Waals surface area contributed by atoms with E-state index in [1.54, 1.807) is 7.05 Å². The SMILES string of the molecule is CNC(=O)CCCC(=O)N1CCCCC[C@@H]1c1cccc(C)c1. The minimum atomic E-state index is 0.00361. The van der Waals surface area contributed by atoms with Crippen molar-refractivity contribution < 1.29 is 9.59 Å². The van der Waals surface area contributed by atoms with E-state index in [2.05, 4.69) is 36.5 Å². The first kappa shape index (κ1) is 17.5. The number of benzene rings is 1. The topological polar surface area (TPSA) is 49.4 Å². The summed E-state index contributed by atoms with van der Waals surface area (Å²) in [5, 5.41) is 2.61. The fourth-order valence-corrected chi connectivity index (χ4v) is 3.30. The van der Waals surface area contributed by atoms with Crippen LogP contribution in [0.25, 0.3) is 0 Å². The van der Waals surface area contributed by atoms with Crippen molar-refractivity contribution in [3.63, 3.8) is 0 Å². The van der Waals surface area contributed by atoms with Crippen molar-refractivity contribution in [2.24, 2.45) is 0 Å².